The van der Waals surface area contributed by atoms with E-state index in [1.165, 1.54) is 55.2 Å². The lowest BCUT2D eigenvalue weighted by molar-refractivity contribution is 0.407. The summed E-state index contributed by atoms with van der Waals surface area (Å²) in [5.41, 5.74) is 0.321. The number of rotatable bonds is 9. The highest BCUT2D eigenvalue weighted by molar-refractivity contribution is 8.14. The molecular formula is C14H28N2S2. The molecule has 0 spiro atoms. The first-order valence-corrected chi connectivity index (χ1v) is 9.58. The molecule has 0 bridgehead atoms. The van der Waals surface area contributed by atoms with Crippen molar-refractivity contribution in [2.75, 3.05) is 24.3 Å². The summed E-state index contributed by atoms with van der Waals surface area (Å²) in [5, 5.41) is 4.81. The molecule has 0 aliphatic carbocycles. The molecule has 1 heterocycles. The summed E-state index contributed by atoms with van der Waals surface area (Å²) in [7, 11) is 0. The van der Waals surface area contributed by atoms with Gasteiger partial charge in [0.05, 0.1) is 0 Å². The summed E-state index contributed by atoms with van der Waals surface area (Å²) in [6.45, 7) is 5.54. The van der Waals surface area contributed by atoms with E-state index in [0.29, 0.717) is 5.54 Å². The van der Waals surface area contributed by atoms with E-state index in [-0.39, 0.29) is 0 Å². The summed E-state index contributed by atoms with van der Waals surface area (Å²) in [4.78, 5) is 4.70. The van der Waals surface area contributed by atoms with Gasteiger partial charge in [0.2, 0.25) is 0 Å². The Hall–Kier alpha value is 0.170. The number of nitrogens with zero attached hydrogens (tertiary/aromatic N) is 1. The summed E-state index contributed by atoms with van der Waals surface area (Å²) in [6.07, 6.45) is 9.87. The number of aliphatic imine (C=N–C) groups is 1. The number of thioether (sulfide) groups is 2. The third-order valence-corrected chi connectivity index (χ3v) is 5.62. The van der Waals surface area contributed by atoms with Crippen LogP contribution >= 0.6 is 23.5 Å². The highest BCUT2D eigenvalue weighted by atomic mass is 32.2. The molecule has 4 heteroatoms. The van der Waals surface area contributed by atoms with Crippen LogP contribution in [0.5, 0.6) is 0 Å². The van der Waals surface area contributed by atoms with E-state index >= 15 is 0 Å². The number of hydrogen-bond donors (Lipinski definition) is 1. The van der Waals surface area contributed by atoms with Crippen LogP contribution in [0.25, 0.3) is 0 Å². The summed E-state index contributed by atoms with van der Waals surface area (Å²) in [5.74, 6) is 2.49. The van der Waals surface area contributed by atoms with Gasteiger partial charge in [0.15, 0.2) is 5.17 Å². The maximum Gasteiger partial charge on any atom is 0.157 e. The van der Waals surface area contributed by atoms with Gasteiger partial charge in [-0.3, -0.25) is 4.99 Å². The molecule has 0 amide bonds. The van der Waals surface area contributed by atoms with E-state index in [4.69, 9.17) is 4.99 Å². The van der Waals surface area contributed by atoms with E-state index in [1.54, 1.807) is 0 Å². The highest BCUT2D eigenvalue weighted by Gasteiger charge is 2.33. The maximum absolute atomic E-state index is 4.70. The Morgan fingerprint density at radius 3 is 2.56 bits per heavy atom. The fourth-order valence-electron chi connectivity index (χ4n) is 2.11. The fourth-order valence-corrected chi connectivity index (χ4v) is 3.97. The van der Waals surface area contributed by atoms with Crippen molar-refractivity contribution >= 4 is 28.7 Å². The predicted molar refractivity (Wildman–Crippen MR) is 88.1 cm³/mol. The molecule has 0 radical (unpaired) electrons. The van der Waals surface area contributed by atoms with Crippen molar-refractivity contribution in [3.05, 3.63) is 0 Å². The second-order valence-electron chi connectivity index (χ2n) is 4.99. The van der Waals surface area contributed by atoms with Crippen LogP contribution in [0.1, 0.15) is 52.4 Å². The lowest BCUT2D eigenvalue weighted by Gasteiger charge is -2.25. The van der Waals surface area contributed by atoms with Gasteiger partial charge in [0, 0.05) is 17.8 Å². The van der Waals surface area contributed by atoms with E-state index in [2.05, 4.69) is 25.4 Å². The van der Waals surface area contributed by atoms with Gasteiger partial charge in [-0.05, 0) is 37.7 Å². The lowest BCUT2D eigenvalue weighted by atomic mass is 9.96. The molecule has 1 rings (SSSR count). The molecule has 0 atom stereocenters. The Morgan fingerprint density at radius 1 is 1.22 bits per heavy atom. The Morgan fingerprint density at radius 2 is 1.94 bits per heavy atom. The van der Waals surface area contributed by atoms with E-state index in [1.807, 2.05) is 23.5 Å². The average Bonchev–Trinajstić information content (AvgIpc) is 2.82. The molecule has 0 aromatic carbocycles. The molecule has 18 heavy (non-hydrogen) atoms. The minimum atomic E-state index is 0.321. The van der Waals surface area contributed by atoms with Gasteiger partial charge in [-0.2, -0.15) is 11.8 Å². The molecule has 1 fully saturated rings. The first kappa shape index (κ1) is 16.2. The number of hydrogen-bond acceptors (Lipinski definition) is 3. The second-order valence-corrected chi connectivity index (χ2v) is 6.94. The van der Waals surface area contributed by atoms with Crippen LogP contribution < -0.4 is 5.32 Å². The predicted octanol–water partition coefficient (Wildman–Crippen LogP) is 4.16. The van der Waals surface area contributed by atoms with Gasteiger partial charge in [-0.1, -0.05) is 38.5 Å². The van der Waals surface area contributed by atoms with Crippen LogP contribution in [0.2, 0.25) is 0 Å². The largest absolute Gasteiger partial charge is 0.359 e. The van der Waals surface area contributed by atoms with Gasteiger partial charge < -0.3 is 5.32 Å². The maximum atomic E-state index is 4.70. The average molecular weight is 289 g/mol. The molecule has 0 unspecified atom stereocenters. The van der Waals surface area contributed by atoms with Crippen LogP contribution in [0.3, 0.4) is 0 Å². The van der Waals surface area contributed by atoms with E-state index in [0.717, 1.165) is 6.54 Å². The fraction of sp³-hybridized carbons (Fsp3) is 0.929. The Labute approximate surface area is 121 Å². The molecule has 1 aliphatic rings. The molecule has 0 saturated carbocycles. The standard InChI is InChI=1S/C14H28N2S2/c1-4-14(5-2)12-18-13(16-14)15-10-8-6-7-9-11-17-3/h4-12H2,1-3H3,(H,15,16). The van der Waals surface area contributed by atoms with Crippen molar-refractivity contribution in [3.8, 4) is 0 Å². The van der Waals surface area contributed by atoms with Crippen molar-refractivity contribution in [2.45, 2.75) is 57.9 Å². The topological polar surface area (TPSA) is 24.4 Å². The van der Waals surface area contributed by atoms with Gasteiger partial charge in [-0.15, -0.1) is 0 Å². The zero-order chi connectivity index (χ0) is 13.3. The molecule has 2 nitrogen and oxygen atoms in total. The molecule has 1 N–H and O–H groups in total. The van der Waals surface area contributed by atoms with Crippen LogP contribution in [0, 0.1) is 0 Å². The van der Waals surface area contributed by atoms with Crippen molar-refractivity contribution in [1.29, 1.82) is 0 Å². The van der Waals surface area contributed by atoms with Crippen molar-refractivity contribution in [2.24, 2.45) is 4.99 Å². The normalized spacial score (nSPS) is 20.3. The third-order valence-electron chi connectivity index (χ3n) is 3.72. The zero-order valence-electron chi connectivity index (χ0n) is 12.1. The molecule has 106 valence electrons. The summed E-state index contributed by atoms with van der Waals surface area (Å²) >= 11 is 3.86. The quantitative estimate of drug-likeness (QED) is 0.645. The Kier molecular flexibility index (Phi) is 8.23. The first-order chi connectivity index (χ1) is 8.76. The van der Waals surface area contributed by atoms with Crippen molar-refractivity contribution < 1.29 is 0 Å². The Balaban J connectivity index is 2.13. The van der Waals surface area contributed by atoms with Gasteiger partial charge in [0.1, 0.15) is 0 Å². The van der Waals surface area contributed by atoms with Crippen LogP contribution in [0.4, 0.5) is 0 Å². The van der Waals surface area contributed by atoms with Crippen LogP contribution in [-0.4, -0.2) is 35.0 Å². The zero-order valence-corrected chi connectivity index (χ0v) is 13.8. The monoisotopic (exact) mass is 288 g/mol. The molecular weight excluding hydrogens is 260 g/mol. The SMILES string of the molecule is CCC1(CC)CSC(=NCCCCCCSC)N1. The van der Waals surface area contributed by atoms with Gasteiger partial charge >= 0.3 is 0 Å². The Bertz CT molecular complexity index is 250. The smallest absolute Gasteiger partial charge is 0.157 e. The molecule has 0 aromatic heterocycles. The third kappa shape index (κ3) is 5.43. The number of amidine groups is 1. The first-order valence-electron chi connectivity index (χ1n) is 7.20. The van der Waals surface area contributed by atoms with Crippen LogP contribution in [-0.2, 0) is 0 Å². The summed E-state index contributed by atoms with van der Waals surface area (Å²) in [6, 6.07) is 0. The van der Waals surface area contributed by atoms with E-state index < -0.39 is 0 Å². The molecule has 0 aromatic rings. The van der Waals surface area contributed by atoms with Crippen molar-refractivity contribution in [3.63, 3.8) is 0 Å². The number of unbranched alkanes of at least 4 members (excludes halogenated alkanes) is 3. The molecule has 1 aliphatic heterocycles. The number of nitrogens with one attached hydrogen (secondary N) is 1. The van der Waals surface area contributed by atoms with Crippen LogP contribution in [0.15, 0.2) is 4.99 Å². The molecule has 1 saturated heterocycles. The van der Waals surface area contributed by atoms with Gasteiger partial charge in [0.25, 0.3) is 0 Å². The second kappa shape index (κ2) is 9.13. The van der Waals surface area contributed by atoms with E-state index in [9.17, 15) is 0 Å². The minimum Gasteiger partial charge on any atom is -0.359 e. The summed E-state index contributed by atoms with van der Waals surface area (Å²) < 4.78 is 0. The minimum absolute atomic E-state index is 0.321. The lowest BCUT2D eigenvalue weighted by Crippen LogP contribution is -2.42. The van der Waals surface area contributed by atoms with Gasteiger partial charge in [-0.25, -0.2) is 0 Å². The van der Waals surface area contributed by atoms with Crippen molar-refractivity contribution in [1.82, 2.24) is 5.32 Å². The highest BCUT2D eigenvalue weighted by Crippen LogP contribution is 2.28.